The maximum Gasteiger partial charge on any atom is 0.269 e. The fourth-order valence-corrected chi connectivity index (χ4v) is 3.25. The molecule has 2 rings (SSSR count). The van der Waals surface area contributed by atoms with Crippen molar-refractivity contribution < 1.29 is 9.72 Å². The molecule has 0 unspecified atom stereocenters. The second-order valence-electron chi connectivity index (χ2n) is 5.74. The molecule has 0 aliphatic rings. The number of nitrogens with one attached hydrogen (secondary N) is 1. The van der Waals surface area contributed by atoms with Crippen LogP contribution in [0.4, 0.5) is 5.69 Å². The number of thioether (sulfide) groups is 1. The van der Waals surface area contributed by atoms with Crippen LogP contribution < -0.4 is 5.32 Å². The monoisotopic (exact) mass is 358 g/mol. The first-order chi connectivity index (χ1) is 12.1. The summed E-state index contributed by atoms with van der Waals surface area (Å²) in [6.45, 7) is 2.60. The normalized spacial score (nSPS) is 11.7. The van der Waals surface area contributed by atoms with E-state index < -0.39 is 4.92 Å². The molecule has 0 radical (unpaired) electrons. The molecule has 0 fully saturated rings. The van der Waals surface area contributed by atoms with Crippen molar-refractivity contribution in [2.75, 3.05) is 12.3 Å². The number of nitro groups is 1. The van der Waals surface area contributed by atoms with Gasteiger partial charge in [-0.2, -0.15) is 0 Å². The Morgan fingerprint density at radius 1 is 1.20 bits per heavy atom. The highest BCUT2D eigenvalue weighted by molar-refractivity contribution is 8.00. The molecule has 0 heterocycles. The summed E-state index contributed by atoms with van der Waals surface area (Å²) in [4.78, 5) is 22.3. The molecule has 0 bridgehead atoms. The third-order valence-corrected chi connectivity index (χ3v) is 5.02. The van der Waals surface area contributed by atoms with Crippen molar-refractivity contribution in [1.29, 1.82) is 0 Å². The van der Waals surface area contributed by atoms with Gasteiger partial charge in [0.2, 0.25) is 5.91 Å². The number of non-ortho nitro benzene ring substituents is 1. The van der Waals surface area contributed by atoms with Crippen molar-refractivity contribution in [2.24, 2.45) is 0 Å². The van der Waals surface area contributed by atoms with E-state index in [0.717, 1.165) is 18.4 Å². The van der Waals surface area contributed by atoms with Crippen LogP contribution in [0.3, 0.4) is 0 Å². The quantitative estimate of drug-likeness (QED) is 0.415. The number of carbonyl (C=O) groups excluding carboxylic acids is 1. The number of amides is 1. The van der Waals surface area contributed by atoms with Gasteiger partial charge in [0.25, 0.3) is 5.69 Å². The summed E-state index contributed by atoms with van der Waals surface area (Å²) >= 11 is 1.48. The summed E-state index contributed by atoms with van der Waals surface area (Å²) in [6.07, 6.45) is 1.85. The van der Waals surface area contributed by atoms with E-state index in [2.05, 4.69) is 17.4 Å². The zero-order chi connectivity index (χ0) is 18.1. The highest BCUT2D eigenvalue weighted by atomic mass is 32.2. The molecule has 0 saturated heterocycles. The van der Waals surface area contributed by atoms with Gasteiger partial charge in [-0.15, -0.1) is 11.8 Å². The van der Waals surface area contributed by atoms with Gasteiger partial charge in [-0.25, -0.2) is 0 Å². The topological polar surface area (TPSA) is 72.2 Å². The number of nitro benzene ring substituents is 1. The first kappa shape index (κ1) is 19.0. The molecule has 2 aromatic rings. The second-order valence-corrected chi connectivity index (χ2v) is 7.07. The molecule has 1 atom stereocenters. The first-order valence-electron chi connectivity index (χ1n) is 8.23. The molecule has 1 N–H and O–H groups in total. The average Bonchev–Trinajstić information content (AvgIpc) is 2.64. The minimum atomic E-state index is -0.402. The predicted molar refractivity (Wildman–Crippen MR) is 102 cm³/mol. The molecular formula is C19H22N2O3S. The van der Waals surface area contributed by atoms with Crippen LogP contribution in [0.5, 0.6) is 0 Å². The molecule has 5 nitrogen and oxygen atoms in total. The van der Waals surface area contributed by atoms with E-state index in [9.17, 15) is 14.9 Å². The Kier molecular flexibility index (Phi) is 7.47. The van der Waals surface area contributed by atoms with Crippen LogP contribution in [0.15, 0.2) is 54.6 Å². The summed E-state index contributed by atoms with van der Waals surface area (Å²) in [6, 6.07) is 16.7. The Morgan fingerprint density at radius 3 is 2.68 bits per heavy atom. The van der Waals surface area contributed by atoms with Gasteiger partial charge in [0.05, 0.1) is 10.7 Å². The highest BCUT2D eigenvalue weighted by Crippen LogP contribution is 2.29. The summed E-state index contributed by atoms with van der Waals surface area (Å²) in [7, 11) is 0. The van der Waals surface area contributed by atoms with Gasteiger partial charge in [-0.1, -0.05) is 42.5 Å². The lowest BCUT2D eigenvalue weighted by Gasteiger charge is -2.11. The number of nitrogens with zero attached hydrogens (tertiary/aromatic N) is 1. The Morgan fingerprint density at radius 2 is 1.96 bits per heavy atom. The lowest BCUT2D eigenvalue weighted by molar-refractivity contribution is -0.384. The van der Waals surface area contributed by atoms with Crippen LogP contribution in [0.2, 0.25) is 0 Å². The van der Waals surface area contributed by atoms with E-state index in [0.29, 0.717) is 12.3 Å². The van der Waals surface area contributed by atoms with Crippen LogP contribution in [-0.2, 0) is 11.2 Å². The summed E-state index contributed by atoms with van der Waals surface area (Å²) in [5, 5.41) is 13.8. The van der Waals surface area contributed by atoms with Crippen molar-refractivity contribution in [2.45, 2.75) is 25.0 Å². The van der Waals surface area contributed by atoms with Gasteiger partial charge in [0, 0.05) is 23.9 Å². The Labute approximate surface area is 152 Å². The van der Waals surface area contributed by atoms with Gasteiger partial charge in [-0.3, -0.25) is 14.9 Å². The molecule has 0 spiro atoms. The summed E-state index contributed by atoms with van der Waals surface area (Å²) in [5.74, 6) is 0.338. The van der Waals surface area contributed by atoms with Gasteiger partial charge < -0.3 is 5.32 Å². The number of benzene rings is 2. The van der Waals surface area contributed by atoms with Crippen LogP contribution in [0.1, 0.15) is 29.7 Å². The number of rotatable bonds is 9. The molecule has 132 valence electrons. The standard InChI is InChI=1S/C19H22N2O3S/c1-15(17-10-5-11-18(13-17)21(23)24)25-14-19(22)20-12-6-9-16-7-3-2-4-8-16/h2-5,7-8,10-11,13,15H,6,9,12,14H2,1H3,(H,20,22)/t15-/m1/s1. The van der Waals surface area contributed by atoms with Crippen molar-refractivity contribution in [1.82, 2.24) is 5.32 Å². The summed E-state index contributed by atoms with van der Waals surface area (Å²) < 4.78 is 0. The van der Waals surface area contributed by atoms with E-state index in [1.807, 2.05) is 31.2 Å². The minimum Gasteiger partial charge on any atom is -0.355 e. The zero-order valence-corrected chi connectivity index (χ0v) is 15.0. The molecule has 0 aliphatic carbocycles. The molecule has 0 saturated carbocycles. The van der Waals surface area contributed by atoms with Gasteiger partial charge in [-0.05, 0) is 30.9 Å². The smallest absolute Gasteiger partial charge is 0.269 e. The molecule has 0 aliphatic heterocycles. The fourth-order valence-electron chi connectivity index (χ4n) is 2.40. The molecule has 0 aromatic heterocycles. The van der Waals surface area contributed by atoms with Crippen molar-refractivity contribution in [3.05, 3.63) is 75.8 Å². The molecule has 1 amide bonds. The predicted octanol–water partition coefficient (Wildman–Crippen LogP) is 4.14. The minimum absolute atomic E-state index is 0.00431. The second kappa shape index (κ2) is 9.84. The van der Waals surface area contributed by atoms with Gasteiger partial charge in [0.15, 0.2) is 0 Å². The van der Waals surface area contributed by atoms with Crippen LogP contribution in [0, 0.1) is 10.1 Å². The lowest BCUT2D eigenvalue weighted by Crippen LogP contribution is -2.26. The number of hydrogen-bond donors (Lipinski definition) is 1. The van der Waals surface area contributed by atoms with Gasteiger partial charge in [0.1, 0.15) is 0 Å². The van der Waals surface area contributed by atoms with E-state index in [4.69, 9.17) is 0 Å². The zero-order valence-electron chi connectivity index (χ0n) is 14.2. The lowest BCUT2D eigenvalue weighted by atomic mass is 10.1. The highest BCUT2D eigenvalue weighted by Gasteiger charge is 2.12. The van der Waals surface area contributed by atoms with Crippen LogP contribution >= 0.6 is 11.8 Å². The Hall–Kier alpha value is -2.34. The van der Waals surface area contributed by atoms with E-state index in [1.54, 1.807) is 12.1 Å². The molecule has 6 heteroatoms. The Balaban J connectivity index is 1.69. The number of carbonyl (C=O) groups is 1. The summed E-state index contributed by atoms with van der Waals surface area (Å²) in [5.41, 5.74) is 2.21. The van der Waals surface area contributed by atoms with E-state index >= 15 is 0 Å². The molecule has 25 heavy (non-hydrogen) atoms. The fraction of sp³-hybridized carbons (Fsp3) is 0.316. The number of aryl methyl sites for hydroxylation is 1. The third kappa shape index (κ3) is 6.58. The van der Waals surface area contributed by atoms with Crippen molar-refractivity contribution >= 4 is 23.4 Å². The van der Waals surface area contributed by atoms with Crippen molar-refractivity contribution in [3.8, 4) is 0 Å². The SMILES string of the molecule is C[C@@H](SCC(=O)NCCCc1ccccc1)c1cccc([N+](=O)[O-])c1. The first-order valence-corrected chi connectivity index (χ1v) is 9.27. The third-order valence-electron chi connectivity index (χ3n) is 3.82. The van der Waals surface area contributed by atoms with Gasteiger partial charge >= 0.3 is 0 Å². The molecular weight excluding hydrogens is 336 g/mol. The number of hydrogen-bond acceptors (Lipinski definition) is 4. The average molecular weight is 358 g/mol. The van der Waals surface area contributed by atoms with Crippen LogP contribution in [-0.4, -0.2) is 23.1 Å². The maximum absolute atomic E-state index is 11.9. The van der Waals surface area contributed by atoms with Crippen molar-refractivity contribution in [3.63, 3.8) is 0 Å². The molecule has 2 aromatic carbocycles. The van der Waals surface area contributed by atoms with E-state index in [-0.39, 0.29) is 16.8 Å². The Bertz CT molecular complexity index is 707. The van der Waals surface area contributed by atoms with Crippen LogP contribution in [0.25, 0.3) is 0 Å². The largest absolute Gasteiger partial charge is 0.355 e. The maximum atomic E-state index is 11.9. The van der Waals surface area contributed by atoms with E-state index in [1.165, 1.54) is 23.4 Å².